The molecule has 0 rings (SSSR count). The summed E-state index contributed by atoms with van der Waals surface area (Å²) in [7, 11) is 1.59. The van der Waals surface area contributed by atoms with Gasteiger partial charge in [-0.15, -0.1) is 0 Å². The number of amides is 1. The third-order valence-corrected chi connectivity index (χ3v) is 2.42. The number of methoxy groups -OCH3 is 1. The molecule has 0 aliphatic carbocycles. The van der Waals surface area contributed by atoms with Gasteiger partial charge in [-0.1, -0.05) is 0 Å². The van der Waals surface area contributed by atoms with Gasteiger partial charge >= 0.3 is 0 Å². The number of ether oxygens (including phenoxy) is 3. The number of hydrogen-bond acceptors (Lipinski definition) is 6. The molecule has 0 aliphatic heterocycles. The van der Waals surface area contributed by atoms with Gasteiger partial charge in [0.05, 0.1) is 32.5 Å². The summed E-state index contributed by atoms with van der Waals surface area (Å²) in [4.78, 5) is 11.3. The minimum absolute atomic E-state index is 0.0306. The molecule has 0 radical (unpaired) electrons. The Bertz CT molecular complexity index is 229. The summed E-state index contributed by atoms with van der Waals surface area (Å²) in [6.45, 7) is 5.83. The normalized spacial score (nSPS) is 12.3. The maximum Gasteiger partial charge on any atom is 0.221 e. The summed E-state index contributed by atoms with van der Waals surface area (Å²) in [5, 5.41) is 15.3. The van der Waals surface area contributed by atoms with Gasteiger partial charge in [-0.2, -0.15) is 0 Å². The molecule has 0 aliphatic rings. The van der Waals surface area contributed by atoms with E-state index in [-0.39, 0.29) is 12.5 Å². The highest BCUT2D eigenvalue weighted by atomic mass is 16.5. The molecule has 3 N–H and O–H groups in total. The lowest BCUT2D eigenvalue weighted by Crippen LogP contribution is -2.34. The van der Waals surface area contributed by atoms with Crippen molar-refractivity contribution in [2.75, 3.05) is 59.8 Å². The Morgan fingerprint density at radius 2 is 1.95 bits per heavy atom. The second kappa shape index (κ2) is 14.7. The van der Waals surface area contributed by atoms with Crippen molar-refractivity contribution < 1.29 is 24.1 Å². The SMILES string of the molecule is CCOCCOCC(O)CNCCC(=O)NCCOC. The number of hydrogen-bond donors (Lipinski definition) is 3. The Morgan fingerprint density at radius 3 is 2.65 bits per heavy atom. The average Bonchev–Trinajstić information content (AvgIpc) is 2.44. The molecule has 7 heteroatoms. The Kier molecular flexibility index (Phi) is 14.1. The van der Waals surface area contributed by atoms with Crippen LogP contribution in [0.3, 0.4) is 0 Å². The summed E-state index contributed by atoms with van der Waals surface area (Å²) in [5.41, 5.74) is 0. The van der Waals surface area contributed by atoms with Crippen molar-refractivity contribution >= 4 is 5.91 Å². The third kappa shape index (κ3) is 13.7. The quantitative estimate of drug-likeness (QED) is 0.361. The second-order valence-electron chi connectivity index (χ2n) is 4.22. The fourth-order valence-electron chi connectivity index (χ4n) is 1.39. The molecule has 0 spiro atoms. The van der Waals surface area contributed by atoms with Crippen LogP contribution in [0.1, 0.15) is 13.3 Å². The largest absolute Gasteiger partial charge is 0.389 e. The molecule has 20 heavy (non-hydrogen) atoms. The first-order valence-electron chi connectivity index (χ1n) is 7.00. The molecule has 0 bridgehead atoms. The molecule has 7 nitrogen and oxygen atoms in total. The van der Waals surface area contributed by atoms with Gasteiger partial charge in [-0.3, -0.25) is 4.79 Å². The monoisotopic (exact) mass is 292 g/mol. The van der Waals surface area contributed by atoms with Crippen molar-refractivity contribution in [2.24, 2.45) is 0 Å². The molecule has 1 atom stereocenters. The van der Waals surface area contributed by atoms with Crippen LogP contribution in [0.25, 0.3) is 0 Å². The van der Waals surface area contributed by atoms with Crippen molar-refractivity contribution in [3.05, 3.63) is 0 Å². The summed E-state index contributed by atoms with van der Waals surface area (Å²) in [6, 6.07) is 0. The molecule has 120 valence electrons. The van der Waals surface area contributed by atoms with Crippen LogP contribution in [0.5, 0.6) is 0 Å². The van der Waals surface area contributed by atoms with Crippen molar-refractivity contribution in [1.29, 1.82) is 0 Å². The Morgan fingerprint density at radius 1 is 1.20 bits per heavy atom. The van der Waals surface area contributed by atoms with Crippen LogP contribution >= 0.6 is 0 Å². The lowest BCUT2D eigenvalue weighted by atomic mass is 10.3. The fourth-order valence-corrected chi connectivity index (χ4v) is 1.39. The highest BCUT2D eigenvalue weighted by molar-refractivity contribution is 5.75. The zero-order valence-electron chi connectivity index (χ0n) is 12.5. The highest BCUT2D eigenvalue weighted by Crippen LogP contribution is 1.86. The molecule has 0 aromatic carbocycles. The molecule has 0 saturated heterocycles. The van der Waals surface area contributed by atoms with Gasteiger partial charge in [0, 0.05) is 39.8 Å². The molecule has 0 fully saturated rings. The van der Waals surface area contributed by atoms with E-state index in [2.05, 4.69) is 10.6 Å². The number of rotatable bonds is 14. The predicted molar refractivity (Wildman–Crippen MR) is 75.7 cm³/mol. The molecule has 0 saturated carbocycles. The summed E-state index contributed by atoms with van der Waals surface area (Å²) in [5.74, 6) is -0.0306. The second-order valence-corrected chi connectivity index (χ2v) is 4.22. The van der Waals surface area contributed by atoms with Gasteiger partial charge in [0.1, 0.15) is 0 Å². The van der Waals surface area contributed by atoms with Gasteiger partial charge in [0.25, 0.3) is 0 Å². The molecular weight excluding hydrogens is 264 g/mol. The van der Waals surface area contributed by atoms with Crippen LogP contribution in [0.15, 0.2) is 0 Å². The van der Waals surface area contributed by atoms with Crippen molar-refractivity contribution in [2.45, 2.75) is 19.4 Å². The zero-order chi connectivity index (χ0) is 15.1. The predicted octanol–water partition coefficient (Wildman–Crippen LogP) is -0.857. The van der Waals surface area contributed by atoms with E-state index in [1.165, 1.54) is 0 Å². The van der Waals surface area contributed by atoms with Gasteiger partial charge < -0.3 is 30.0 Å². The van der Waals surface area contributed by atoms with Crippen LogP contribution in [0.2, 0.25) is 0 Å². The van der Waals surface area contributed by atoms with E-state index in [9.17, 15) is 9.90 Å². The van der Waals surface area contributed by atoms with E-state index in [0.29, 0.717) is 52.5 Å². The number of aliphatic hydroxyl groups is 1. The molecular formula is C13H28N2O5. The Balaban J connectivity index is 3.29. The number of aliphatic hydroxyl groups excluding tert-OH is 1. The van der Waals surface area contributed by atoms with E-state index in [0.717, 1.165) is 0 Å². The molecule has 0 aromatic heterocycles. The van der Waals surface area contributed by atoms with Gasteiger partial charge in [0.15, 0.2) is 0 Å². The summed E-state index contributed by atoms with van der Waals surface area (Å²) >= 11 is 0. The van der Waals surface area contributed by atoms with Crippen molar-refractivity contribution in [3.63, 3.8) is 0 Å². The standard InChI is InChI=1S/C13H28N2O5/c1-3-19-8-9-20-11-12(16)10-14-5-4-13(17)15-6-7-18-2/h12,14,16H,3-11H2,1-2H3,(H,15,17). The fraction of sp³-hybridized carbons (Fsp3) is 0.923. The minimum atomic E-state index is -0.576. The van der Waals surface area contributed by atoms with Gasteiger partial charge in [-0.25, -0.2) is 0 Å². The Labute approximate surface area is 121 Å². The van der Waals surface area contributed by atoms with Crippen molar-refractivity contribution in [1.82, 2.24) is 10.6 Å². The topological polar surface area (TPSA) is 89.0 Å². The zero-order valence-corrected chi connectivity index (χ0v) is 12.5. The van der Waals surface area contributed by atoms with Crippen LogP contribution in [-0.2, 0) is 19.0 Å². The molecule has 1 amide bonds. The highest BCUT2D eigenvalue weighted by Gasteiger charge is 2.05. The number of carbonyl (C=O) groups is 1. The average molecular weight is 292 g/mol. The number of nitrogens with one attached hydrogen (secondary N) is 2. The van der Waals surface area contributed by atoms with E-state index >= 15 is 0 Å². The van der Waals surface area contributed by atoms with Crippen LogP contribution in [-0.4, -0.2) is 76.9 Å². The van der Waals surface area contributed by atoms with E-state index in [1.54, 1.807) is 7.11 Å². The van der Waals surface area contributed by atoms with Crippen LogP contribution in [0, 0.1) is 0 Å². The number of carbonyl (C=O) groups excluding carboxylic acids is 1. The van der Waals surface area contributed by atoms with Crippen LogP contribution < -0.4 is 10.6 Å². The first kappa shape index (κ1) is 19.3. The first-order chi connectivity index (χ1) is 9.70. The molecule has 1 unspecified atom stereocenters. The maximum atomic E-state index is 11.3. The van der Waals surface area contributed by atoms with E-state index in [4.69, 9.17) is 14.2 Å². The Hall–Kier alpha value is -0.730. The molecule has 0 heterocycles. The smallest absolute Gasteiger partial charge is 0.221 e. The van der Waals surface area contributed by atoms with E-state index in [1.807, 2.05) is 6.92 Å². The summed E-state index contributed by atoms with van der Waals surface area (Å²) < 4.78 is 15.2. The van der Waals surface area contributed by atoms with Crippen molar-refractivity contribution in [3.8, 4) is 0 Å². The van der Waals surface area contributed by atoms with E-state index < -0.39 is 6.10 Å². The lowest BCUT2D eigenvalue weighted by Gasteiger charge is -2.12. The summed E-state index contributed by atoms with van der Waals surface area (Å²) in [6.07, 6.45) is -0.199. The first-order valence-corrected chi connectivity index (χ1v) is 7.00. The maximum absolute atomic E-state index is 11.3. The minimum Gasteiger partial charge on any atom is -0.389 e. The van der Waals surface area contributed by atoms with Gasteiger partial charge in [0.2, 0.25) is 5.91 Å². The molecule has 0 aromatic rings. The van der Waals surface area contributed by atoms with Gasteiger partial charge in [-0.05, 0) is 6.92 Å². The third-order valence-electron chi connectivity index (χ3n) is 2.42. The van der Waals surface area contributed by atoms with Crippen LogP contribution in [0.4, 0.5) is 0 Å². The lowest BCUT2D eigenvalue weighted by molar-refractivity contribution is -0.121.